The first kappa shape index (κ1) is 16.3. The summed E-state index contributed by atoms with van der Waals surface area (Å²) in [5, 5.41) is 8.81. The van der Waals surface area contributed by atoms with E-state index in [0.29, 0.717) is 12.2 Å². The van der Waals surface area contributed by atoms with Gasteiger partial charge in [0.2, 0.25) is 0 Å². The molecule has 0 aromatic heterocycles. The molecule has 4 fully saturated rings. The zero-order valence-corrected chi connectivity index (χ0v) is 14.0. The third-order valence-electron chi connectivity index (χ3n) is 5.92. The van der Waals surface area contributed by atoms with Crippen LogP contribution in [0.15, 0.2) is 24.3 Å². The highest BCUT2D eigenvalue weighted by atomic mass is 35.5. The van der Waals surface area contributed by atoms with Crippen molar-refractivity contribution in [2.75, 3.05) is 0 Å². The Hall–Kier alpha value is -1.53. The van der Waals surface area contributed by atoms with Crippen molar-refractivity contribution in [2.45, 2.75) is 45.1 Å². The van der Waals surface area contributed by atoms with Crippen LogP contribution in [0.25, 0.3) is 0 Å². The zero-order chi connectivity index (χ0) is 15.2. The fraction of sp³-hybridized carbons (Fsp3) is 0.579. The maximum absolute atomic E-state index is 12.7. The van der Waals surface area contributed by atoms with E-state index in [1.165, 1.54) is 19.3 Å². The van der Waals surface area contributed by atoms with Crippen molar-refractivity contribution >= 4 is 18.4 Å². The molecule has 122 valence electrons. The first-order valence-corrected chi connectivity index (χ1v) is 8.33. The van der Waals surface area contributed by atoms with Crippen molar-refractivity contribution in [2.24, 2.45) is 23.2 Å². The van der Waals surface area contributed by atoms with Crippen LogP contribution < -0.4 is 0 Å². The van der Waals surface area contributed by atoms with Gasteiger partial charge in [0.15, 0.2) is 0 Å². The summed E-state index contributed by atoms with van der Waals surface area (Å²) in [5.41, 5.74) is 1.41. The highest BCUT2D eigenvalue weighted by Gasteiger charge is 2.55. The van der Waals surface area contributed by atoms with Crippen molar-refractivity contribution in [1.29, 1.82) is 5.26 Å². The van der Waals surface area contributed by atoms with Crippen LogP contribution in [0.4, 0.5) is 0 Å². The van der Waals surface area contributed by atoms with Gasteiger partial charge in [0.1, 0.15) is 6.61 Å². The quantitative estimate of drug-likeness (QED) is 0.778. The Morgan fingerprint density at radius 3 is 2.09 bits per heavy atom. The molecule has 5 rings (SSSR count). The number of nitrogens with zero attached hydrogens (tertiary/aromatic N) is 1. The summed E-state index contributed by atoms with van der Waals surface area (Å²) in [6.45, 7) is 0.326. The van der Waals surface area contributed by atoms with E-state index in [2.05, 4.69) is 6.07 Å². The summed E-state index contributed by atoms with van der Waals surface area (Å²) in [5.74, 6) is 2.30. The average Bonchev–Trinajstić information content (AvgIpc) is 2.51. The largest absolute Gasteiger partial charge is 0.460 e. The molecule has 4 aliphatic rings. The van der Waals surface area contributed by atoms with E-state index in [9.17, 15) is 4.79 Å². The summed E-state index contributed by atoms with van der Waals surface area (Å²) in [4.78, 5) is 12.7. The second kappa shape index (κ2) is 6.17. The second-order valence-electron chi connectivity index (χ2n) is 7.58. The molecule has 4 aliphatic carbocycles. The highest BCUT2D eigenvalue weighted by Crippen LogP contribution is 2.60. The molecule has 0 radical (unpaired) electrons. The van der Waals surface area contributed by atoms with E-state index in [-0.39, 0.29) is 23.8 Å². The Kier molecular flexibility index (Phi) is 4.38. The molecule has 1 aromatic rings. The molecule has 3 nitrogen and oxygen atoms in total. The molecular weight excluding hydrogens is 310 g/mol. The summed E-state index contributed by atoms with van der Waals surface area (Å²) < 4.78 is 5.66. The number of nitriles is 1. The van der Waals surface area contributed by atoms with Crippen molar-refractivity contribution in [3.05, 3.63) is 35.4 Å². The third kappa shape index (κ3) is 2.97. The molecule has 0 saturated heterocycles. The number of esters is 1. The van der Waals surface area contributed by atoms with Crippen LogP contribution in [0.3, 0.4) is 0 Å². The van der Waals surface area contributed by atoms with E-state index in [4.69, 9.17) is 10.00 Å². The number of carbonyl (C=O) groups excluding carboxylic acids is 1. The number of carbonyl (C=O) groups is 1. The number of hydrogen-bond acceptors (Lipinski definition) is 3. The number of ether oxygens (including phenoxy) is 1. The lowest BCUT2D eigenvalue weighted by Gasteiger charge is -2.55. The SMILES string of the molecule is Cl.N#Cc1ccc(COC(=O)C23CC4CC(CC(C4)C2)C3)cc1. The van der Waals surface area contributed by atoms with E-state index < -0.39 is 0 Å². The maximum atomic E-state index is 12.7. The van der Waals surface area contributed by atoms with Gasteiger partial charge in [-0.2, -0.15) is 5.26 Å². The van der Waals surface area contributed by atoms with Crippen molar-refractivity contribution in [3.63, 3.8) is 0 Å². The van der Waals surface area contributed by atoms with Gasteiger partial charge in [-0.1, -0.05) is 12.1 Å². The van der Waals surface area contributed by atoms with Crippen LogP contribution >= 0.6 is 12.4 Å². The molecule has 0 atom stereocenters. The van der Waals surface area contributed by atoms with Gasteiger partial charge in [-0.3, -0.25) is 4.79 Å². The normalized spacial score (nSPS) is 33.6. The van der Waals surface area contributed by atoms with Crippen molar-refractivity contribution in [1.82, 2.24) is 0 Å². The Morgan fingerprint density at radius 1 is 1.09 bits per heavy atom. The molecule has 4 bridgehead atoms. The molecule has 4 heteroatoms. The van der Waals surface area contributed by atoms with Gasteiger partial charge in [0.05, 0.1) is 17.0 Å². The Balaban J connectivity index is 0.00000156. The fourth-order valence-corrected chi connectivity index (χ4v) is 5.34. The van der Waals surface area contributed by atoms with E-state index in [0.717, 1.165) is 42.6 Å². The summed E-state index contributed by atoms with van der Waals surface area (Å²) in [7, 11) is 0. The van der Waals surface area contributed by atoms with E-state index in [1.807, 2.05) is 12.1 Å². The molecule has 23 heavy (non-hydrogen) atoms. The Bertz CT molecular complexity index is 596. The highest BCUT2D eigenvalue weighted by molar-refractivity contribution is 5.85. The lowest BCUT2D eigenvalue weighted by molar-refractivity contribution is -0.172. The van der Waals surface area contributed by atoms with Gasteiger partial charge >= 0.3 is 5.97 Å². The smallest absolute Gasteiger partial charge is 0.312 e. The summed E-state index contributed by atoms with van der Waals surface area (Å²) in [6, 6.07) is 9.38. The molecule has 0 aliphatic heterocycles. The predicted molar refractivity (Wildman–Crippen MR) is 88.8 cm³/mol. The van der Waals surface area contributed by atoms with Gasteiger partial charge < -0.3 is 4.74 Å². The van der Waals surface area contributed by atoms with Gasteiger partial charge in [-0.05, 0) is 74.0 Å². The maximum Gasteiger partial charge on any atom is 0.312 e. The van der Waals surface area contributed by atoms with Crippen LogP contribution in [0.1, 0.15) is 49.7 Å². The topological polar surface area (TPSA) is 50.1 Å². The number of halogens is 1. The monoisotopic (exact) mass is 331 g/mol. The van der Waals surface area contributed by atoms with Crippen LogP contribution in [0.2, 0.25) is 0 Å². The molecule has 0 unspecified atom stereocenters. The third-order valence-corrected chi connectivity index (χ3v) is 5.92. The minimum Gasteiger partial charge on any atom is -0.460 e. The molecule has 0 N–H and O–H groups in total. The molecule has 4 saturated carbocycles. The number of hydrogen-bond donors (Lipinski definition) is 0. The summed E-state index contributed by atoms with van der Waals surface area (Å²) >= 11 is 0. The van der Waals surface area contributed by atoms with E-state index in [1.54, 1.807) is 12.1 Å². The lowest BCUT2D eigenvalue weighted by Crippen LogP contribution is -2.50. The standard InChI is InChI=1S/C19H21NO2.ClH/c20-11-13-1-3-14(4-2-13)12-22-18(21)19-8-15-5-16(9-19)7-17(6-15)10-19;/h1-4,15-17H,5-10,12H2;1H. The number of rotatable bonds is 3. The van der Waals surface area contributed by atoms with Crippen molar-refractivity contribution in [3.8, 4) is 6.07 Å². The zero-order valence-electron chi connectivity index (χ0n) is 13.2. The fourth-order valence-electron chi connectivity index (χ4n) is 5.34. The van der Waals surface area contributed by atoms with Gasteiger partial charge in [-0.15, -0.1) is 12.4 Å². The molecule has 0 spiro atoms. The lowest BCUT2D eigenvalue weighted by atomic mass is 9.49. The van der Waals surface area contributed by atoms with Gasteiger partial charge in [-0.25, -0.2) is 0 Å². The summed E-state index contributed by atoms with van der Waals surface area (Å²) in [6.07, 6.45) is 7.15. The van der Waals surface area contributed by atoms with Crippen LogP contribution in [0.5, 0.6) is 0 Å². The van der Waals surface area contributed by atoms with E-state index >= 15 is 0 Å². The van der Waals surface area contributed by atoms with Crippen molar-refractivity contribution < 1.29 is 9.53 Å². The predicted octanol–water partition coefficient (Wildman–Crippen LogP) is 4.24. The minimum atomic E-state index is -0.179. The van der Waals surface area contributed by atoms with Gasteiger partial charge in [0, 0.05) is 0 Å². The van der Waals surface area contributed by atoms with Crippen LogP contribution in [0, 0.1) is 34.5 Å². The molecule has 1 aromatic carbocycles. The molecular formula is C19H22ClNO2. The van der Waals surface area contributed by atoms with Crippen LogP contribution in [-0.4, -0.2) is 5.97 Å². The molecule has 0 amide bonds. The molecule has 0 heterocycles. The first-order valence-electron chi connectivity index (χ1n) is 8.33. The first-order chi connectivity index (χ1) is 10.7. The number of benzene rings is 1. The average molecular weight is 332 g/mol. The second-order valence-corrected chi connectivity index (χ2v) is 7.58. The Labute approximate surface area is 143 Å². The van der Waals surface area contributed by atoms with Crippen LogP contribution in [-0.2, 0) is 16.1 Å². The Morgan fingerprint density at radius 2 is 1.61 bits per heavy atom. The van der Waals surface area contributed by atoms with Gasteiger partial charge in [0.25, 0.3) is 0 Å². The minimum absolute atomic E-state index is 0.